The van der Waals surface area contributed by atoms with Crippen molar-refractivity contribution in [3.63, 3.8) is 0 Å². The Balaban J connectivity index is 2.51. The lowest BCUT2D eigenvalue weighted by atomic mass is 9.90. The Morgan fingerprint density at radius 2 is 2.00 bits per heavy atom. The van der Waals surface area contributed by atoms with Crippen molar-refractivity contribution in [2.75, 3.05) is 13.7 Å². The zero-order chi connectivity index (χ0) is 18.6. The molecule has 0 aromatic heterocycles. The molecular weight excluding hydrogens is 354 g/mol. The molecule has 1 saturated heterocycles. The van der Waals surface area contributed by atoms with Crippen LogP contribution in [0, 0.1) is 0 Å². The largest absolute Gasteiger partial charge is 0.405 e. The van der Waals surface area contributed by atoms with Crippen LogP contribution in [-0.2, 0) is 28.2 Å². The van der Waals surface area contributed by atoms with Crippen molar-refractivity contribution in [2.24, 2.45) is 5.73 Å². The number of methoxy groups -OCH3 is 1. The summed E-state index contributed by atoms with van der Waals surface area (Å²) in [6.07, 6.45) is -2.82. The second-order valence-electron chi connectivity index (χ2n) is 7.65. The molecule has 2 aliphatic rings. The van der Waals surface area contributed by atoms with Crippen molar-refractivity contribution in [1.29, 1.82) is 0 Å². The van der Waals surface area contributed by atoms with Gasteiger partial charge < -0.3 is 24.7 Å². The lowest BCUT2D eigenvalue weighted by Gasteiger charge is -2.42. The van der Waals surface area contributed by atoms with E-state index in [1.165, 1.54) is 7.11 Å². The molecular formula is C14H27NO7SSi. The van der Waals surface area contributed by atoms with Gasteiger partial charge in [0, 0.05) is 7.11 Å². The number of ether oxygens (including phenoxy) is 2. The molecule has 0 aromatic carbocycles. The Hall–Kier alpha value is -0.493. The lowest BCUT2D eigenvalue weighted by Crippen LogP contribution is -2.58. The Kier molecular flexibility index (Phi) is 4.99. The Bertz CT molecular complexity index is 628. The second-order valence-corrected chi connectivity index (χ2v) is 13.8. The number of hydrogen-bond donors (Lipinski definition) is 2. The van der Waals surface area contributed by atoms with Gasteiger partial charge in [-0.2, -0.15) is 8.42 Å². The molecule has 140 valence electrons. The molecule has 4 atom stereocenters. The molecule has 0 aliphatic carbocycles. The Labute approximate surface area is 144 Å². The van der Waals surface area contributed by atoms with E-state index < -0.39 is 49.1 Å². The van der Waals surface area contributed by atoms with Crippen LogP contribution in [0.5, 0.6) is 0 Å². The highest BCUT2D eigenvalue weighted by Gasteiger charge is 2.66. The lowest BCUT2D eigenvalue weighted by molar-refractivity contribution is -0.150. The van der Waals surface area contributed by atoms with E-state index in [0.717, 1.165) is 5.41 Å². The standard InChI is InChI=1S/C14H27NO7SSi/c1-13(2,3)24(5,6)21-11-12(19-4)20-10(7-16)14(11)9(15)8-23(17,18)22-14/h8,10-12,16H,7,15H2,1-6H3/t10-,11+,12-,14-/m1/s1. The predicted molar refractivity (Wildman–Crippen MR) is 89.8 cm³/mol. The first-order valence-corrected chi connectivity index (χ1v) is 12.1. The summed E-state index contributed by atoms with van der Waals surface area (Å²) in [4.78, 5) is 0. The first kappa shape index (κ1) is 19.8. The van der Waals surface area contributed by atoms with Crippen molar-refractivity contribution < 1.29 is 31.6 Å². The van der Waals surface area contributed by atoms with Crippen LogP contribution in [0.1, 0.15) is 20.8 Å². The summed E-state index contributed by atoms with van der Waals surface area (Å²) >= 11 is 0. The van der Waals surface area contributed by atoms with E-state index in [1.54, 1.807) is 0 Å². The third-order valence-electron chi connectivity index (χ3n) is 5.05. The molecule has 2 heterocycles. The highest BCUT2D eigenvalue weighted by Crippen LogP contribution is 2.48. The molecule has 8 nitrogen and oxygen atoms in total. The highest BCUT2D eigenvalue weighted by atomic mass is 32.2. The maximum absolute atomic E-state index is 12.0. The van der Waals surface area contributed by atoms with Crippen molar-refractivity contribution in [3.8, 4) is 0 Å². The minimum atomic E-state index is -3.98. The maximum Gasteiger partial charge on any atom is 0.292 e. The summed E-state index contributed by atoms with van der Waals surface area (Å²) in [6, 6.07) is 0. The topological polar surface area (TPSA) is 117 Å². The van der Waals surface area contributed by atoms with Gasteiger partial charge >= 0.3 is 0 Å². The van der Waals surface area contributed by atoms with Crippen molar-refractivity contribution in [3.05, 3.63) is 11.1 Å². The average molecular weight is 382 g/mol. The Morgan fingerprint density at radius 1 is 1.42 bits per heavy atom. The average Bonchev–Trinajstić information content (AvgIpc) is 2.83. The number of nitrogens with two attached hydrogens (primary N) is 1. The second kappa shape index (κ2) is 6.04. The summed E-state index contributed by atoms with van der Waals surface area (Å²) in [5.41, 5.74) is 4.33. The summed E-state index contributed by atoms with van der Waals surface area (Å²) in [7, 11) is -4.90. The molecule has 24 heavy (non-hydrogen) atoms. The maximum atomic E-state index is 12.0. The van der Waals surface area contributed by atoms with Gasteiger partial charge in [-0.25, -0.2) is 4.18 Å². The van der Waals surface area contributed by atoms with Crippen molar-refractivity contribution in [1.82, 2.24) is 0 Å². The molecule has 0 radical (unpaired) electrons. The molecule has 0 amide bonds. The molecule has 0 saturated carbocycles. The van der Waals surface area contributed by atoms with E-state index >= 15 is 0 Å². The Morgan fingerprint density at radius 3 is 2.38 bits per heavy atom. The van der Waals surface area contributed by atoms with Crippen LogP contribution in [0.2, 0.25) is 18.1 Å². The summed E-state index contributed by atoms with van der Waals surface area (Å²) in [5.74, 6) is 0. The third-order valence-corrected chi connectivity index (χ3v) is 10.6. The molecule has 2 rings (SSSR count). The van der Waals surface area contributed by atoms with Crippen LogP contribution in [0.15, 0.2) is 11.1 Å². The van der Waals surface area contributed by atoms with Crippen molar-refractivity contribution in [2.45, 2.75) is 63.0 Å². The minimum absolute atomic E-state index is 0.0511. The van der Waals surface area contributed by atoms with Gasteiger partial charge in [0.25, 0.3) is 10.1 Å². The van der Waals surface area contributed by atoms with E-state index in [2.05, 4.69) is 20.8 Å². The van der Waals surface area contributed by atoms with Crippen LogP contribution in [0.3, 0.4) is 0 Å². The van der Waals surface area contributed by atoms with Gasteiger partial charge in [0.05, 0.1) is 17.7 Å². The van der Waals surface area contributed by atoms with Gasteiger partial charge in [-0.1, -0.05) is 20.8 Å². The summed E-state index contributed by atoms with van der Waals surface area (Å²) in [6.45, 7) is 9.71. The summed E-state index contributed by atoms with van der Waals surface area (Å²) < 4.78 is 46.6. The monoisotopic (exact) mass is 381 g/mol. The molecule has 1 spiro atoms. The van der Waals surface area contributed by atoms with Crippen LogP contribution in [-0.4, -0.2) is 59.7 Å². The number of hydrogen-bond acceptors (Lipinski definition) is 8. The number of rotatable bonds is 4. The van der Waals surface area contributed by atoms with Crippen LogP contribution in [0.25, 0.3) is 0 Å². The SMILES string of the molecule is CO[C@@H]1O[C@H](CO)[C@@]2(OS(=O)(=O)C=C2N)[C@H]1O[Si](C)(C)C(C)(C)C. The predicted octanol–water partition coefficient (Wildman–Crippen LogP) is 0.639. The fraction of sp³-hybridized carbons (Fsp3) is 0.857. The molecule has 0 aromatic rings. The van der Waals surface area contributed by atoms with Crippen LogP contribution >= 0.6 is 0 Å². The quantitative estimate of drug-likeness (QED) is 0.538. The van der Waals surface area contributed by atoms with Gasteiger partial charge in [0.15, 0.2) is 20.2 Å². The minimum Gasteiger partial charge on any atom is -0.405 e. The molecule has 1 fully saturated rings. The van der Waals surface area contributed by atoms with Crippen molar-refractivity contribution >= 4 is 18.4 Å². The van der Waals surface area contributed by atoms with E-state index in [9.17, 15) is 13.5 Å². The molecule has 0 unspecified atom stereocenters. The zero-order valence-electron chi connectivity index (χ0n) is 14.9. The molecule has 3 N–H and O–H groups in total. The van der Waals surface area contributed by atoms with Crippen LogP contribution in [0.4, 0.5) is 0 Å². The van der Waals surface area contributed by atoms with E-state index in [4.69, 9.17) is 23.8 Å². The molecule has 10 heteroatoms. The first-order valence-electron chi connectivity index (χ1n) is 7.71. The smallest absolute Gasteiger partial charge is 0.292 e. The highest BCUT2D eigenvalue weighted by molar-refractivity contribution is 7.90. The third kappa shape index (κ3) is 3.04. The van der Waals surface area contributed by atoms with Gasteiger partial charge in [0.2, 0.25) is 0 Å². The van der Waals surface area contributed by atoms with Crippen LogP contribution < -0.4 is 5.73 Å². The zero-order valence-corrected chi connectivity index (χ0v) is 16.7. The van der Waals surface area contributed by atoms with E-state index in [0.29, 0.717) is 0 Å². The fourth-order valence-corrected chi connectivity index (χ4v) is 5.18. The number of aliphatic hydroxyl groups is 1. The molecule has 2 aliphatic heterocycles. The van der Waals surface area contributed by atoms with Gasteiger partial charge in [-0.15, -0.1) is 0 Å². The van der Waals surface area contributed by atoms with E-state index in [1.807, 2.05) is 13.1 Å². The van der Waals surface area contributed by atoms with Gasteiger partial charge in [0.1, 0.15) is 12.2 Å². The van der Waals surface area contributed by atoms with Gasteiger partial charge in [-0.05, 0) is 18.1 Å². The fourth-order valence-electron chi connectivity index (χ4n) is 2.68. The normalized spacial score (nSPS) is 36.3. The van der Waals surface area contributed by atoms with E-state index in [-0.39, 0.29) is 10.7 Å². The first-order chi connectivity index (χ1) is 10.8. The van der Waals surface area contributed by atoms with Gasteiger partial charge in [-0.3, -0.25) is 0 Å². The summed E-state index contributed by atoms with van der Waals surface area (Å²) in [5, 5.41) is 10.4. The number of aliphatic hydroxyl groups excluding tert-OH is 1. The molecule has 0 bridgehead atoms.